The average Bonchev–Trinajstić information content (AvgIpc) is 2.92. The fourth-order valence-electron chi connectivity index (χ4n) is 2.29. The topological polar surface area (TPSA) is 68.5 Å². The van der Waals surface area contributed by atoms with Crippen molar-refractivity contribution in [1.82, 2.24) is 5.32 Å². The Morgan fingerprint density at radius 1 is 1.22 bits per heavy atom. The first kappa shape index (κ1) is 16.8. The third-order valence-corrected chi connectivity index (χ3v) is 3.60. The third-order valence-electron chi connectivity index (χ3n) is 3.60. The van der Waals surface area contributed by atoms with Crippen molar-refractivity contribution in [2.75, 3.05) is 7.11 Å². The van der Waals surface area contributed by atoms with Crippen molar-refractivity contribution < 1.29 is 18.7 Å². The SMILES string of the molecule is COc1ccc(CNC(=O)CCc2cc(C(C)=O)c(C)o2)cc1. The standard InChI is InChI=1S/C18H21NO4/c1-12(20)17-10-16(23-13(17)2)8-9-18(21)19-11-14-4-6-15(22-3)7-5-14/h4-7,10H,8-9,11H2,1-3H3,(H,19,21). The van der Waals surface area contributed by atoms with Crippen LogP contribution in [0, 0.1) is 6.92 Å². The van der Waals surface area contributed by atoms with Crippen molar-refractivity contribution >= 4 is 11.7 Å². The van der Waals surface area contributed by atoms with Crippen LogP contribution in [0.5, 0.6) is 5.75 Å². The lowest BCUT2D eigenvalue weighted by molar-refractivity contribution is -0.121. The molecule has 0 unspecified atom stereocenters. The Morgan fingerprint density at radius 3 is 2.48 bits per heavy atom. The van der Waals surface area contributed by atoms with Gasteiger partial charge in [0.25, 0.3) is 0 Å². The summed E-state index contributed by atoms with van der Waals surface area (Å²) in [7, 11) is 1.62. The summed E-state index contributed by atoms with van der Waals surface area (Å²) >= 11 is 0. The number of nitrogens with one attached hydrogen (secondary N) is 1. The van der Waals surface area contributed by atoms with E-state index in [0.717, 1.165) is 11.3 Å². The molecule has 0 aliphatic carbocycles. The van der Waals surface area contributed by atoms with E-state index in [0.29, 0.717) is 36.5 Å². The molecular formula is C18H21NO4. The summed E-state index contributed by atoms with van der Waals surface area (Å²) in [5.74, 6) is 1.97. The molecule has 0 radical (unpaired) electrons. The maximum Gasteiger partial charge on any atom is 0.220 e. The molecule has 1 amide bonds. The van der Waals surface area contributed by atoms with Gasteiger partial charge in [-0.15, -0.1) is 0 Å². The Hall–Kier alpha value is -2.56. The van der Waals surface area contributed by atoms with Crippen LogP contribution < -0.4 is 10.1 Å². The first-order valence-corrected chi connectivity index (χ1v) is 7.49. The molecule has 23 heavy (non-hydrogen) atoms. The Labute approximate surface area is 135 Å². The van der Waals surface area contributed by atoms with Crippen LogP contribution in [0.3, 0.4) is 0 Å². The van der Waals surface area contributed by atoms with Crippen LogP contribution in [0.4, 0.5) is 0 Å². The van der Waals surface area contributed by atoms with Crippen LogP contribution in [0.2, 0.25) is 0 Å². The molecule has 0 fully saturated rings. The summed E-state index contributed by atoms with van der Waals surface area (Å²) in [5.41, 5.74) is 1.59. The van der Waals surface area contributed by atoms with Crippen LogP contribution in [0.1, 0.15) is 40.8 Å². The smallest absolute Gasteiger partial charge is 0.220 e. The zero-order valence-electron chi connectivity index (χ0n) is 13.6. The molecule has 1 aromatic carbocycles. The van der Waals surface area contributed by atoms with Gasteiger partial charge in [0.1, 0.15) is 17.3 Å². The van der Waals surface area contributed by atoms with Gasteiger partial charge in [-0.05, 0) is 37.6 Å². The lowest BCUT2D eigenvalue weighted by atomic mass is 10.1. The molecule has 2 rings (SSSR count). The molecule has 0 bridgehead atoms. The summed E-state index contributed by atoms with van der Waals surface area (Å²) in [5, 5.41) is 2.86. The van der Waals surface area contributed by atoms with Crippen molar-refractivity contribution in [3.8, 4) is 5.75 Å². The van der Waals surface area contributed by atoms with Gasteiger partial charge in [-0.1, -0.05) is 12.1 Å². The highest BCUT2D eigenvalue weighted by molar-refractivity contribution is 5.95. The molecule has 5 nitrogen and oxygen atoms in total. The number of ketones is 1. The number of benzene rings is 1. The van der Waals surface area contributed by atoms with E-state index in [4.69, 9.17) is 9.15 Å². The van der Waals surface area contributed by atoms with Crippen LogP contribution >= 0.6 is 0 Å². The second-order valence-corrected chi connectivity index (χ2v) is 5.36. The van der Waals surface area contributed by atoms with Crippen molar-refractivity contribution in [2.24, 2.45) is 0 Å². The molecule has 0 saturated carbocycles. The van der Waals surface area contributed by atoms with Gasteiger partial charge < -0.3 is 14.5 Å². The highest BCUT2D eigenvalue weighted by Gasteiger charge is 2.12. The van der Waals surface area contributed by atoms with Crippen LogP contribution in [-0.4, -0.2) is 18.8 Å². The molecule has 1 N–H and O–H groups in total. The highest BCUT2D eigenvalue weighted by Crippen LogP contribution is 2.16. The summed E-state index contributed by atoms with van der Waals surface area (Å²) in [6.07, 6.45) is 0.795. The van der Waals surface area contributed by atoms with Gasteiger partial charge in [0.15, 0.2) is 5.78 Å². The summed E-state index contributed by atoms with van der Waals surface area (Å²) in [4.78, 5) is 23.3. The molecule has 2 aromatic rings. The number of carbonyl (C=O) groups is 2. The van der Waals surface area contributed by atoms with E-state index < -0.39 is 0 Å². The summed E-state index contributed by atoms with van der Waals surface area (Å²) in [6, 6.07) is 9.25. The Balaban J connectivity index is 1.80. The number of rotatable bonds is 7. The largest absolute Gasteiger partial charge is 0.497 e. The van der Waals surface area contributed by atoms with Gasteiger partial charge in [0.05, 0.1) is 12.7 Å². The first-order chi connectivity index (χ1) is 11.0. The Bertz CT molecular complexity index is 686. The Kier molecular flexibility index (Phi) is 5.57. The fraction of sp³-hybridized carbons (Fsp3) is 0.333. The third kappa shape index (κ3) is 4.71. The minimum absolute atomic E-state index is 0.0264. The monoisotopic (exact) mass is 315 g/mol. The molecular weight excluding hydrogens is 294 g/mol. The van der Waals surface area contributed by atoms with Crippen molar-refractivity contribution in [3.63, 3.8) is 0 Å². The number of carbonyl (C=O) groups excluding carboxylic acids is 2. The maximum atomic E-state index is 11.9. The molecule has 0 saturated heterocycles. The highest BCUT2D eigenvalue weighted by atomic mass is 16.5. The van der Waals surface area contributed by atoms with Gasteiger partial charge in [-0.25, -0.2) is 0 Å². The van der Waals surface area contributed by atoms with Crippen LogP contribution in [0.25, 0.3) is 0 Å². The van der Waals surface area contributed by atoms with Gasteiger partial charge in [0.2, 0.25) is 5.91 Å². The van der Waals surface area contributed by atoms with Crippen molar-refractivity contribution in [1.29, 1.82) is 0 Å². The lowest BCUT2D eigenvalue weighted by Crippen LogP contribution is -2.22. The van der Waals surface area contributed by atoms with E-state index in [-0.39, 0.29) is 11.7 Å². The number of methoxy groups -OCH3 is 1. The number of ether oxygens (including phenoxy) is 1. The zero-order valence-corrected chi connectivity index (χ0v) is 13.6. The average molecular weight is 315 g/mol. The predicted octanol–water partition coefficient (Wildman–Crippen LogP) is 3.05. The number of hydrogen-bond donors (Lipinski definition) is 1. The van der Waals surface area contributed by atoms with Crippen molar-refractivity contribution in [3.05, 3.63) is 53.0 Å². The van der Waals surface area contributed by atoms with Crippen molar-refractivity contribution in [2.45, 2.75) is 33.2 Å². The van der Waals surface area contributed by atoms with E-state index in [1.54, 1.807) is 20.1 Å². The molecule has 0 atom stereocenters. The normalized spacial score (nSPS) is 10.4. The minimum atomic E-state index is -0.0563. The zero-order chi connectivity index (χ0) is 16.8. The molecule has 1 heterocycles. The van der Waals surface area contributed by atoms with E-state index in [1.807, 2.05) is 24.3 Å². The predicted molar refractivity (Wildman–Crippen MR) is 86.6 cm³/mol. The number of hydrogen-bond acceptors (Lipinski definition) is 4. The molecule has 0 aliphatic heterocycles. The van der Waals surface area contributed by atoms with Crippen LogP contribution in [0.15, 0.2) is 34.7 Å². The lowest BCUT2D eigenvalue weighted by Gasteiger charge is -2.06. The van der Waals surface area contributed by atoms with Gasteiger partial charge in [-0.3, -0.25) is 9.59 Å². The summed E-state index contributed by atoms with van der Waals surface area (Å²) < 4.78 is 10.6. The molecule has 0 spiro atoms. The van der Waals surface area contributed by atoms with E-state index in [2.05, 4.69) is 5.32 Å². The van der Waals surface area contributed by atoms with E-state index in [1.165, 1.54) is 6.92 Å². The number of amides is 1. The Morgan fingerprint density at radius 2 is 1.91 bits per heavy atom. The van der Waals surface area contributed by atoms with E-state index >= 15 is 0 Å². The van der Waals surface area contributed by atoms with E-state index in [9.17, 15) is 9.59 Å². The molecule has 0 aliphatic rings. The minimum Gasteiger partial charge on any atom is -0.497 e. The summed E-state index contributed by atoms with van der Waals surface area (Å²) in [6.45, 7) is 3.73. The van der Waals surface area contributed by atoms with Crippen LogP contribution in [-0.2, 0) is 17.8 Å². The quantitative estimate of drug-likeness (QED) is 0.797. The molecule has 1 aromatic heterocycles. The molecule has 122 valence electrons. The maximum absolute atomic E-state index is 11.9. The van der Waals surface area contributed by atoms with Gasteiger partial charge in [0, 0.05) is 19.4 Å². The van der Waals surface area contributed by atoms with Gasteiger partial charge >= 0.3 is 0 Å². The first-order valence-electron chi connectivity index (χ1n) is 7.49. The number of furan rings is 1. The second kappa shape index (κ2) is 7.63. The molecule has 5 heteroatoms. The van der Waals surface area contributed by atoms with Gasteiger partial charge in [-0.2, -0.15) is 0 Å². The fourth-order valence-corrected chi connectivity index (χ4v) is 2.29. The number of Topliss-reactive ketones (excluding diaryl/α,β-unsaturated/α-hetero) is 1. The number of aryl methyl sites for hydroxylation is 2. The second-order valence-electron chi connectivity index (χ2n) is 5.36.